The number of hydrogen-bond acceptors (Lipinski definition) is 18. The highest BCUT2D eigenvalue weighted by Gasteiger charge is 2.47. The van der Waals surface area contributed by atoms with Crippen LogP contribution in [0.25, 0.3) is 11.2 Å². The zero-order valence-corrected chi connectivity index (χ0v) is 29.5. The number of nitrogens with two attached hydrogens (primary N) is 1. The maximum Gasteiger partial charge on any atom is 0.469 e. The van der Waals surface area contributed by atoms with E-state index in [9.17, 15) is 39.4 Å². The van der Waals surface area contributed by atoms with Gasteiger partial charge in [-0.15, -0.1) is 0 Å². The number of aromatic amines is 1. The van der Waals surface area contributed by atoms with E-state index < -0.39 is 87.7 Å². The third kappa shape index (κ3) is 12.1. The summed E-state index contributed by atoms with van der Waals surface area (Å²) in [6.07, 6.45) is -7.84. The number of carbonyl (C=O) groups is 2. The highest BCUT2D eigenvalue weighted by Crippen LogP contribution is 2.39. The first kappa shape index (κ1) is 42.5. The molecule has 25 heteroatoms. The Labute approximate surface area is 301 Å². The largest absolute Gasteiger partial charge is 0.469 e. The van der Waals surface area contributed by atoms with Crippen LogP contribution in [0.3, 0.4) is 0 Å². The van der Waals surface area contributed by atoms with Crippen molar-refractivity contribution in [1.29, 1.82) is 0 Å². The number of phosphoric ester groups is 1. The van der Waals surface area contributed by atoms with Gasteiger partial charge in [0.25, 0.3) is 5.56 Å². The average molecular weight is 784 g/mol. The molecule has 2 aromatic rings. The summed E-state index contributed by atoms with van der Waals surface area (Å²) in [4.78, 5) is 64.5. The number of hydrogen-bond donors (Lipinski definition) is 10. The summed E-state index contributed by atoms with van der Waals surface area (Å²) in [7, 11) is -4.89. The molecule has 2 fully saturated rings. The summed E-state index contributed by atoms with van der Waals surface area (Å²) in [5.41, 5.74) is 4.97. The van der Waals surface area contributed by atoms with Gasteiger partial charge < -0.3 is 75.0 Å². The lowest BCUT2D eigenvalue weighted by molar-refractivity contribution is -0.270. The predicted molar refractivity (Wildman–Crippen MR) is 175 cm³/mol. The number of imidazole rings is 1. The van der Waals surface area contributed by atoms with E-state index in [0.29, 0.717) is 12.8 Å². The second kappa shape index (κ2) is 19.9. The standard InChI is InChI=1S/C28H46N7O17P/c1-14(37)32-18-22(41)20(39)15(10-36)52-27(18)48-6-3-2-4-17(38)30-5-7-46-8-9-47-13-49-23-21(40)16(11-50-53(43,44)45)51-26(23)35-12-31-19-24(35)33-28(29)34-25(19)42/h12,15-16,18,20-23,26-27,36,39-41H,2-11,13H2,1H3,(H,30,38)(H,32,37)(H2,43,44,45)(H3,29,33,34,42)/t15-,16-,18-,20+,21-,22-,23-,26-,27?/m1/s1. The second-order valence-corrected chi connectivity index (χ2v) is 13.2. The zero-order chi connectivity index (χ0) is 38.7. The molecule has 0 radical (unpaired) electrons. The van der Waals surface area contributed by atoms with Gasteiger partial charge in [0.2, 0.25) is 17.8 Å². The summed E-state index contributed by atoms with van der Waals surface area (Å²) >= 11 is 0. The molecular formula is C28H46N7O17P. The van der Waals surface area contributed by atoms with Crippen LogP contribution in [0.15, 0.2) is 11.1 Å². The van der Waals surface area contributed by atoms with E-state index in [1.54, 1.807) is 0 Å². The summed E-state index contributed by atoms with van der Waals surface area (Å²) in [5, 5.41) is 45.8. The van der Waals surface area contributed by atoms with Crippen molar-refractivity contribution in [3.8, 4) is 0 Å². The Morgan fingerprint density at radius 2 is 1.79 bits per heavy atom. The molecule has 2 aliphatic rings. The van der Waals surface area contributed by atoms with Crippen molar-refractivity contribution < 1.29 is 77.3 Å². The van der Waals surface area contributed by atoms with Crippen LogP contribution >= 0.6 is 7.82 Å². The Balaban J connectivity index is 1.11. The predicted octanol–water partition coefficient (Wildman–Crippen LogP) is -4.31. The maximum atomic E-state index is 12.2. The van der Waals surface area contributed by atoms with Crippen LogP contribution in [0.5, 0.6) is 0 Å². The lowest BCUT2D eigenvalue weighted by Gasteiger charge is -2.42. The Bertz CT molecular complexity index is 1590. The van der Waals surface area contributed by atoms with E-state index in [4.69, 9.17) is 43.9 Å². The van der Waals surface area contributed by atoms with Crippen molar-refractivity contribution in [2.75, 3.05) is 58.7 Å². The van der Waals surface area contributed by atoms with Gasteiger partial charge in [-0.25, -0.2) is 9.55 Å². The van der Waals surface area contributed by atoms with E-state index in [-0.39, 0.29) is 69.2 Å². The molecule has 1 unspecified atom stereocenters. The first-order valence-electron chi connectivity index (χ1n) is 16.5. The molecule has 0 saturated carbocycles. The number of H-pyrrole nitrogens is 1. The number of anilines is 1. The third-order valence-corrected chi connectivity index (χ3v) is 8.55. The number of nitrogens with one attached hydrogen (secondary N) is 3. The van der Waals surface area contributed by atoms with Gasteiger partial charge >= 0.3 is 7.82 Å². The van der Waals surface area contributed by atoms with Crippen molar-refractivity contribution in [2.45, 2.75) is 81.4 Å². The molecule has 4 heterocycles. The van der Waals surface area contributed by atoms with Crippen molar-refractivity contribution in [1.82, 2.24) is 30.2 Å². The fourth-order valence-corrected chi connectivity index (χ4v) is 5.86. The van der Waals surface area contributed by atoms with Gasteiger partial charge in [0.05, 0.1) is 39.4 Å². The molecule has 0 bridgehead atoms. The number of aliphatic hydroxyl groups is 4. The Kier molecular flexibility index (Phi) is 16.0. The maximum absolute atomic E-state index is 12.2. The molecular weight excluding hydrogens is 737 g/mol. The first-order valence-corrected chi connectivity index (χ1v) is 18.0. The van der Waals surface area contributed by atoms with E-state index in [1.165, 1.54) is 17.8 Å². The fraction of sp³-hybridized carbons (Fsp3) is 0.750. The number of phosphoric acid groups is 1. The molecule has 0 spiro atoms. The Morgan fingerprint density at radius 1 is 1.04 bits per heavy atom. The number of amides is 2. The van der Waals surface area contributed by atoms with Crippen LogP contribution in [-0.2, 0) is 47.1 Å². The van der Waals surface area contributed by atoms with Crippen LogP contribution < -0.4 is 21.9 Å². The topological polar surface area (TPSA) is 351 Å². The van der Waals surface area contributed by atoms with Gasteiger partial charge in [-0.2, -0.15) is 4.98 Å². The highest BCUT2D eigenvalue weighted by molar-refractivity contribution is 7.46. The molecule has 11 N–H and O–H groups in total. The van der Waals surface area contributed by atoms with Crippen LogP contribution in [0.1, 0.15) is 32.4 Å². The normalized spacial score (nSPS) is 27.6. The second-order valence-electron chi connectivity index (χ2n) is 12.0. The lowest BCUT2D eigenvalue weighted by Crippen LogP contribution is -2.64. The number of aromatic nitrogens is 4. The van der Waals surface area contributed by atoms with Crippen molar-refractivity contribution in [2.24, 2.45) is 0 Å². The number of rotatable bonds is 21. The van der Waals surface area contributed by atoms with E-state index in [2.05, 4.69) is 30.1 Å². The molecule has 9 atom stereocenters. The molecule has 2 aromatic heterocycles. The smallest absolute Gasteiger partial charge is 0.394 e. The Hall–Kier alpha value is -3.20. The quantitative estimate of drug-likeness (QED) is 0.0325. The molecule has 53 heavy (non-hydrogen) atoms. The minimum atomic E-state index is -4.89. The number of carbonyl (C=O) groups excluding carboxylic acids is 2. The summed E-state index contributed by atoms with van der Waals surface area (Å²) in [6.45, 7) is 0.296. The fourth-order valence-electron chi connectivity index (χ4n) is 5.52. The zero-order valence-electron chi connectivity index (χ0n) is 28.6. The van der Waals surface area contributed by atoms with Gasteiger partial charge in [-0.3, -0.25) is 28.5 Å². The number of unbranched alkanes of at least 4 members (excludes halogenated alkanes) is 1. The monoisotopic (exact) mass is 783 g/mol. The minimum absolute atomic E-state index is 0.00745. The van der Waals surface area contributed by atoms with Gasteiger partial charge in [0, 0.05) is 26.5 Å². The van der Waals surface area contributed by atoms with Crippen LogP contribution in [0.4, 0.5) is 5.95 Å². The number of nitrogens with zero attached hydrogens (tertiary/aromatic N) is 3. The molecule has 0 aromatic carbocycles. The summed E-state index contributed by atoms with van der Waals surface area (Å²) in [5.74, 6) is -0.905. The van der Waals surface area contributed by atoms with Crippen LogP contribution in [0, 0.1) is 0 Å². The SMILES string of the molecule is CC(=O)N[C@H]1C(OCCCCC(=O)NCCOCCOCO[C@@H]2[C@H](O)[C@@H](COP(=O)(O)O)O[C@H]2n2cnc3c(=O)[nH]c(N)nc32)O[C@H](CO)[C@H](O)[C@@H]1O. The lowest BCUT2D eigenvalue weighted by atomic mass is 9.97. The van der Waals surface area contributed by atoms with Gasteiger partial charge in [-0.1, -0.05) is 0 Å². The third-order valence-electron chi connectivity index (χ3n) is 8.06. The molecule has 300 valence electrons. The number of aliphatic hydroxyl groups excluding tert-OH is 4. The van der Waals surface area contributed by atoms with Crippen molar-refractivity contribution in [3.05, 3.63) is 16.7 Å². The Morgan fingerprint density at radius 3 is 2.51 bits per heavy atom. The van der Waals surface area contributed by atoms with Crippen molar-refractivity contribution >= 4 is 36.7 Å². The number of nitrogen functional groups attached to an aromatic ring is 1. The molecule has 2 aliphatic heterocycles. The molecule has 24 nitrogen and oxygen atoms in total. The van der Waals surface area contributed by atoms with E-state index in [1.807, 2.05) is 0 Å². The van der Waals surface area contributed by atoms with E-state index >= 15 is 0 Å². The van der Waals surface area contributed by atoms with E-state index in [0.717, 1.165) is 0 Å². The van der Waals surface area contributed by atoms with Gasteiger partial charge in [0.15, 0.2) is 23.7 Å². The molecule has 4 rings (SSSR count). The minimum Gasteiger partial charge on any atom is -0.394 e. The number of fused-ring (bicyclic) bond motifs is 1. The summed E-state index contributed by atoms with van der Waals surface area (Å²) in [6, 6.07) is -1.05. The molecule has 0 aliphatic carbocycles. The average Bonchev–Trinajstić information content (AvgIpc) is 3.65. The summed E-state index contributed by atoms with van der Waals surface area (Å²) < 4.78 is 50.4. The highest BCUT2D eigenvalue weighted by atomic mass is 31.2. The first-order chi connectivity index (χ1) is 25.2. The van der Waals surface area contributed by atoms with Crippen LogP contribution in [0.2, 0.25) is 0 Å². The van der Waals surface area contributed by atoms with Gasteiger partial charge in [0.1, 0.15) is 49.5 Å². The van der Waals surface area contributed by atoms with Gasteiger partial charge in [-0.05, 0) is 12.8 Å². The van der Waals surface area contributed by atoms with Crippen molar-refractivity contribution in [3.63, 3.8) is 0 Å². The molecule has 2 saturated heterocycles. The van der Waals surface area contributed by atoms with Crippen LogP contribution in [-0.4, -0.2) is 163 Å². The molecule has 2 amide bonds. The number of ether oxygens (including phenoxy) is 6.